The summed E-state index contributed by atoms with van der Waals surface area (Å²) in [5.41, 5.74) is 8.32. The molecule has 3 aromatic carbocycles. The summed E-state index contributed by atoms with van der Waals surface area (Å²) in [7, 11) is 0. The van der Waals surface area contributed by atoms with Crippen molar-refractivity contribution in [3.63, 3.8) is 0 Å². The zero-order valence-electron chi connectivity index (χ0n) is 21.5. The lowest BCUT2D eigenvalue weighted by atomic mass is 9.87. The van der Waals surface area contributed by atoms with Gasteiger partial charge in [-0.05, 0) is 83.7 Å². The summed E-state index contributed by atoms with van der Waals surface area (Å²) in [5, 5.41) is 10.6. The van der Waals surface area contributed by atoms with Gasteiger partial charge in [0.25, 0.3) is 0 Å². The van der Waals surface area contributed by atoms with E-state index in [1.165, 1.54) is 28.7 Å². The van der Waals surface area contributed by atoms with E-state index in [2.05, 4.69) is 35.2 Å². The van der Waals surface area contributed by atoms with Crippen molar-refractivity contribution in [3.05, 3.63) is 87.4 Å². The molecular weight excluding hydrogens is 501 g/mol. The molecule has 1 saturated heterocycles. The van der Waals surface area contributed by atoms with E-state index in [4.69, 9.17) is 21.1 Å². The fraction of sp³-hybridized carbons (Fsp3) is 0.375. The third kappa shape index (κ3) is 5.14. The minimum absolute atomic E-state index is 0.0200. The highest BCUT2D eigenvalue weighted by molar-refractivity contribution is 6.32. The van der Waals surface area contributed by atoms with E-state index < -0.39 is 0 Å². The molecule has 2 heterocycles. The lowest BCUT2D eigenvalue weighted by Crippen LogP contribution is -2.26. The van der Waals surface area contributed by atoms with Crippen LogP contribution in [0.2, 0.25) is 5.02 Å². The van der Waals surface area contributed by atoms with Crippen molar-refractivity contribution in [2.24, 2.45) is 0 Å². The van der Waals surface area contributed by atoms with Crippen molar-refractivity contribution < 1.29 is 19.0 Å². The van der Waals surface area contributed by atoms with Gasteiger partial charge < -0.3 is 14.6 Å². The van der Waals surface area contributed by atoms with Gasteiger partial charge in [-0.3, -0.25) is 9.29 Å². The minimum Gasteiger partial charge on any atom is -0.506 e. The molecule has 0 aromatic heterocycles. The standard InChI is InChI=1S/C32H33ClFNO3/c33-29-18-28-31(19-30(29)36)37-16-12-27(24-6-5-21-3-1-4-23(21)17-24)32(28)22-7-9-25(10-8-22)38-26-11-15-35(20-26)14-2-13-34/h5-10,17-19,26,36H,1-4,11-16,20H2/t26-/m0/s1. The zero-order chi connectivity index (χ0) is 26.1. The van der Waals surface area contributed by atoms with Crippen LogP contribution in [0.15, 0.2) is 54.6 Å². The lowest BCUT2D eigenvalue weighted by Gasteiger charge is -2.18. The average molecular weight is 534 g/mol. The Morgan fingerprint density at radius 2 is 1.82 bits per heavy atom. The predicted molar refractivity (Wildman–Crippen MR) is 150 cm³/mol. The number of alkyl halides is 1. The van der Waals surface area contributed by atoms with Gasteiger partial charge in [0.2, 0.25) is 0 Å². The number of hydrogen-bond acceptors (Lipinski definition) is 4. The van der Waals surface area contributed by atoms with Gasteiger partial charge in [0.05, 0.1) is 18.3 Å². The quantitative estimate of drug-likeness (QED) is 0.352. The third-order valence-corrected chi connectivity index (χ3v) is 8.26. The van der Waals surface area contributed by atoms with Gasteiger partial charge in [-0.1, -0.05) is 41.9 Å². The van der Waals surface area contributed by atoms with Gasteiger partial charge in [-0.15, -0.1) is 0 Å². The Balaban J connectivity index is 1.36. The second-order valence-corrected chi connectivity index (χ2v) is 10.9. The number of halogens is 2. The minimum atomic E-state index is -0.272. The lowest BCUT2D eigenvalue weighted by molar-refractivity contribution is 0.198. The Labute approximate surface area is 228 Å². The first-order valence-electron chi connectivity index (χ1n) is 13.7. The summed E-state index contributed by atoms with van der Waals surface area (Å²) in [6, 6.07) is 18.5. The SMILES string of the molecule is Oc1cc2c(cc1Cl)C(c1ccc(O[C@H]3CCN(CCCF)C3)cc1)=C(c1ccc3c(c1)CCC3)CCO2. The van der Waals surface area contributed by atoms with Crippen molar-refractivity contribution in [2.75, 3.05) is 32.9 Å². The van der Waals surface area contributed by atoms with E-state index in [1.54, 1.807) is 6.07 Å². The van der Waals surface area contributed by atoms with Crippen molar-refractivity contribution in [1.82, 2.24) is 4.90 Å². The Hall–Kier alpha value is -3.02. The molecule has 1 N–H and O–H groups in total. The van der Waals surface area contributed by atoms with Crippen LogP contribution in [-0.2, 0) is 12.8 Å². The Morgan fingerprint density at radius 3 is 2.66 bits per heavy atom. The number of phenols is 1. The highest BCUT2D eigenvalue weighted by atomic mass is 35.5. The van der Waals surface area contributed by atoms with Crippen LogP contribution in [0.3, 0.4) is 0 Å². The maximum atomic E-state index is 12.5. The molecule has 198 valence electrons. The first kappa shape index (κ1) is 25.3. The van der Waals surface area contributed by atoms with Gasteiger partial charge in [0.15, 0.2) is 0 Å². The summed E-state index contributed by atoms with van der Waals surface area (Å²) in [6.07, 6.45) is 5.88. The number of benzene rings is 3. The molecule has 6 heteroatoms. The first-order valence-corrected chi connectivity index (χ1v) is 14.0. The van der Waals surface area contributed by atoms with Crippen LogP contribution in [-0.4, -0.2) is 49.0 Å². The molecule has 4 nitrogen and oxygen atoms in total. The van der Waals surface area contributed by atoms with Crippen LogP contribution in [0, 0.1) is 0 Å². The molecule has 6 rings (SSSR count). The van der Waals surface area contributed by atoms with E-state index in [0.717, 1.165) is 67.8 Å². The molecule has 3 aromatic rings. The predicted octanol–water partition coefficient (Wildman–Crippen LogP) is 7.09. The van der Waals surface area contributed by atoms with Gasteiger partial charge >= 0.3 is 0 Å². The number of hydrogen-bond donors (Lipinski definition) is 1. The van der Waals surface area contributed by atoms with E-state index in [0.29, 0.717) is 23.8 Å². The third-order valence-electron chi connectivity index (χ3n) is 7.96. The molecule has 1 atom stereocenters. The summed E-state index contributed by atoms with van der Waals surface area (Å²) < 4.78 is 25.0. The molecule has 2 aliphatic heterocycles. The van der Waals surface area contributed by atoms with Gasteiger partial charge in [0, 0.05) is 37.7 Å². The first-order chi connectivity index (χ1) is 18.6. The Morgan fingerprint density at radius 1 is 1.00 bits per heavy atom. The van der Waals surface area contributed by atoms with E-state index in [9.17, 15) is 9.50 Å². The molecule has 0 bridgehead atoms. The van der Waals surface area contributed by atoms with Gasteiger partial charge in [0.1, 0.15) is 23.4 Å². The molecule has 3 aliphatic rings. The fourth-order valence-corrected chi connectivity index (χ4v) is 6.22. The highest BCUT2D eigenvalue weighted by Crippen LogP contribution is 2.45. The van der Waals surface area contributed by atoms with Crippen LogP contribution >= 0.6 is 11.6 Å². The highest BCUT2D eigenvalue weighted by Gasteiger charge is 2.25. The number of phenolic OH excluding ortho intramolecular Hbond substituents is 1. The molecular formula is C32H33ClFNO3. The molecule has 0 unspecified atom stereocenters. The number of ether oxygens (including phenoxy) is 2. The Bertz CT molecular complexity index is 1350. The van der Waals surface area contributed by atoms with Crippen LogP contribution in [0.5, 0.6) is 17.2 Å². The van der Waals surface area contributed by atoms with Crippen LogP contribution in [0.4, 0.5) is 4.39 Å². The van der Waals surface area contributed by atoms with Crippen molar-refractivity contribution in [2.45, 2.75) is 44.6 Å². The molecule has 0 spiro atoms. The molecule has 0 saturated carbocycles. The average Bonchev–Trinajstić information content (AvgIpc) is 3.54. The number of aromatic hydroxyl groups is 1. The normalized spacial score (nSPS) is 19.2. The maximum absolute atomic E-state index is 12.5. The maximum Gasteiger partial charge on any atom is 0.137 e. The molecule has 1 fully saturated rings. The second-order valence-electron chi connectivity index (χ2n) is 10.5. The number of likely N-dealkylation sites (tertiary alicyclic amines) is 1. The molecule has 1 aliphatic carbocycles. The van der Waals surface area contributed by atoms with E-state index >= 15 is 0 Å². The molecule has 0 radical (unpaired) electrons. The van der Waals surface area contributed by atoms with Crippen LogP contribution in [0.25, 0.3) is 11.1 Å². The largest absolute Gasteiger partial charge is 0.506 e. The van der Waals surface area contributed by atoms with Crippen molar-refractivity contribution in [3.8, 4) is 17.2 Å². The monoisotopic (exact) mass is 533 g/mol. The number of rotatable bonds is 7. The van der Waals surface area contributed by atoms with E-state index in [1.807, 2.05) is 18.2 Å². The number of fused-ring (bicyclic) bond motifs is 2. The van der Waals surface area contributed by atoms with E-state index in [-0.39, 0.29) is 18.5 Å². The topological polar surface area (TPSA) is 41.9 Å². The van der Waals surface area contributed by atoms with Gasteiger partial charge in [-0.2, -0.15) is 0 Å². The zero-order valence-corrected chi connectivity index (χ0v) is 22.3. The molecule has 0 amide bonds. The number of nitrogens with zero attached hydrogens (tertiary/aromatic N) is 1. The van der Waals surface area contributed by atoms with Crippen LogP contribution < -0.4 is 9.47 Å². The summed E-state index contributed by atoms with van der Waals surface area (Å²) in [4.78, 5) is 2.27. The van der Waals surface area contributed by atoms with Crippen LogP contribution in [0.1, 0.15) is 53.5 Å². The van der Waals surface area contributed by atoms with Crippen molar-refractivity contribution in [1.29, 1.82) is 0 Å². The van der Waals surface area contributed by atoms with Gasteiger partial charge in [-0.25, -0.2) is 0 Å². The smallest absolute Gasteiger partial charge is 0.137 e. The fourth-order valence-electron chi connectivity index (χ4n) is 6.06. The van der Waals surface area contributed by atoms with Crippen molar-refractivity contribution >= 4 is 22.7 Å². The summed E-state index contributed by atoms with van der Waals surface area (Å²) in [6.45, 7) is 2.82. The summed E-state index contributed by atoms with van der Waals surface area (Å²) in [5.74, 6) is 1.49. The summed E-state index contributed by atoms with van der Waals surface area (Å²) >= 11 is 6.41. The second kappa shape index (κ2) is 11.0. The molecule has 38 heavy (non-hydrogen) atoms. The number of aryl methyl sites for hydroxylation is 2. The Kier molecular flexibility index (Phi) is 7.31.